The topological polar surface area (TPSA) is 109 Å². The number of rotatable bonds is 7. The predicted molar refractivity (Wildman–Crippen MR) is 122 cm³/mol. The Morgan fingerprint density at radius 3 is 2.70 bits per heavy atom. The lowest BCUT2D eigenvalue weighted by molar-refractivity contribution is -0.140. The number of Topliss-reactive ketones (excluding diaryl/α,β-unsaturated/α-hetero) is 1. The Balaban J connectivity index is 1.86. The number of hydrogen-bond acceptors (Lipinski definition) is 6. The molecule has 1 saturated heterocycles. The van der Waals surface area contributed by atoms with Gasteiger partial charge in [0, 0.05) is 49.8 Å². The molecule has 0 spiro atoms. The summed E-state index contributed by atoms with van der Waals surface area (Å²) < 4.78 is 10.3. The molecule has 0 bridgehead atoms. The minimum Gasteiger partial charge on any atom is -0.507 e. The van der Waals surface area contributed by atoms with Gasteiger partial charge in [-0.05, 0) is 30.2 Å². The number of esters is 1. The molecule has 2 N–H and O–H groups in total. The number of fused-ring (bicyclic) bond motifs is 1. The highest BCUT2D eigenvalue weighted by Gasteiger charge is 2.46. The summed E-state index contributed by atoms with van der Waals surface area (Å²) in [7, 11) is 1.56. The van der Waals surface area contributed by atoms with E-state index in [1.807, 2.05) is 24.3 Å². The summed E-state index contributed by atoms with van der Waals surface area (Å²) in [5.74, 6) is -1.92. The third kappa shape index (κ3) is 4.25. The molecule has 1 atom stereocenters. The molecule has 0 saturated carbocycles. The lowest BCUT2D eigenvalue weighted by atomic mass is 9.95. The maximum Gasteiger partial charge on any atom is 0.308 e. The number of nitrogens with zero attached hydrogens (tertiary/aromatic N) is 1. The molecule has 1 aromatic heterocycles. The van der Waals surface area contributed by atoms with E-state index in [4.69, 9.17) is 9.47 Å². The zero-order chi connectivity index (χ0) is 23.5. The molecule has 1 unspecified atom stereocenters. The van der Waals surface area contributed by atoms with E-state index in [1.165, 1.54) is 11.8 Å². The van der Waals surface area contributed by atoms with Crippen molar-refractivity contribution < 1.29 is 29.0 Å². The highest BCUT2D eigenvalue weighted by atomic mass is 16.5. The van der Waals surface area contributed by atoms with Crippen LogP contribution < -0.4 is 4.74 Å². The SMILES string of the molecule is COCCCN1C(=O)C(=O)/C(=C(\O)c2c[nH]c3ccccc23)C1c1cccc(OC(C)=O)c1. The van der Waals surface area contributed by atoms with E-state index in [0.717, 1.165) is 10.9 Å². The second-order valence-corrected chi connectivity index (χ2v) is 7.75. The fraction of sp³-hybridized carbons (Fsp3) is 0.240. The second kappa shape index (κ2) is 9.30. The summed E-state index contributed by atoms with van der Waals surface area (Å²) >= 11 is 0. The molecule has 170 valence electrons. The van der Waals surface area contributed by atoms with Crippen LogP contribution in [-0.4, -0.2) is 52.9 Å². The monoisotopic (exact) mass is 448 g/mol. The van der Waals surface area contributed by atoms with Gasteiger partial charge < -0.3 is 24.5 Å². The number of para-hydroxylation sites is 1. The molecule has 33 heavy (non-hydrogen) atoms. The normalized spacial score (nSPS) is 17.6. The third-order valence-corrected chi connectivity index (χ3v) is 5.57. The van der Waals surface area contributed by atoms with Gasteiger partial charge in [-0.1, -0.05) is 30.3 Å². The van der Waals surface area contributed by atoms with E-state index >= 15 is 0 Å². The maximum atomic E-state index is 13.1. The molecule has 3 aromatic rings. The second-order valence-electron chi connectivity index (χ2n) is 7.75. The first-order valence-electron chi connectivity index (χ1n) is 10.5. The quantitative estimate of drug-likeness (QED) is 0.143. The van der Waals surface area contributed by atoms with Gasteiger partial charge in [0.05, 0.1) is 11.6 Å². The van der Waals surface area contributed by atoms with Gasteiger partial charge in [0.2, 0.25) is 0 Å². The van der Waals surface area contributed by atoms with Gasteiger partial charge in [-0.2, -0.15) is 0 Å². The van der Waals surface area contributed by atoms with Crippen molar-refractivity contribution in [1.29, 1.82) is 0 Å². The number of likely N-dealkylation sites (tertiary alicyclic amines) is 1. The van der Waals surface area contributed by atoms with Crippen LogP contribution in [0.5, 0.6) is 5.75 Å². The van der Waals surface area contributed by atoms with Crippen LogP contribution in [0.1, 0.15) is 30.5 Å². The molecule has 2 aromatic carbocycles. The molecule has 4 rings (SSSR count). The average Bonchev–Trinajstić information content (AvgIpc) is 3.33. The molecule has 1 aliphatic heterocycles. The van der Waals surface area contributed by atoms with Crippen LogP contribution in [-0.2, 0) is 19.1 Å². The molecule has 1 aliphatic rings. The smallest absolute Gasteiger partial charge is 0.308 e. The molecular formula is C25H24N2O6. The first-order valence-corrected chi connectivity index (χ1v) is 10.5. The van der Waals surface area contributed by atoms with E-state index in [1.54, 1.807) is 37.6 Å². The van der Waals surface area contributed by atoms with Crippen molar-refractivity contribution in [2.45, 2.75) is 19.4 Å². The van der Waals surface area contributed by atoms with Crippen LogP contribution in [0.15, 0.2) is 60.3 Å². The van der Waals surface area contributed by atoms with Gasteiger partial charge in [-0.15, -0.1) is 0 Å². The summed E-state index contributed by atoms with van der Waals surface area (Å²) in [4.78, 5) is 42.1. The Hall–Kier alpha value is -3.91. The lowest BCUT2D eigenvalue weighted by Crippen LogP contribution is -2.31. The van der Waals surface area contributed by atoms with Crippen LogP contribution in [0, 0.1) is 0 Å². The van der Waals surface area contributed by atoms with Crippen molar-refractivity contribution in [2.24, 2.45) is 0 Å². The minimum atomic E-state index is -0.842. The van der Waals surface area contributed by atoms with Gasteiger partial charge >= 0.3 is 5.97 Å². The van der Waals surface area contributed by atoms with E-state index < -0.39 is 23.7 Å². The van der Waals surface area contributed by atoms with Crippen LogP contribution in [0.3, 0.4) is 0 Å². The van der Waals surface area contributed by atoms with E-state index in [9.17, 15) is 19.5 Å². The number of nitrogens with one attached hydrogen (secondary N) is 1. The molecule has 8 heteroatoms. The minimum absolute atomic E-state index is 0.0119. The maximum absolute atomic E-state index is 13.1. The fourth-order valence-electron chi connectivity index (χ4n) is 4.16. The molecule has 8 nitrogen and oxygen atoms in total. The number of carbonyl (C=O) groups is 3. The highest BCUT2D eigenvalue weighted by molar-refractivity contribution is 6.46. The number of aliphatic hydroxyl groups excluding tert-OH is 1. The first kappa shape index (κ1) is 22.3. The van der Waals surface area contributed by atoms with Gasteiger partial charge in [0.25, 0.3) is 11.7 Å². The number of carbonyl (C=O) groups excluding carboxylic acids is 3. The van der Waals surface area contributed by atoms with Crippen molar-refractivity contribution in [3.05, 3.63) is 71.4 Å². The predicted octanol–water partition coefficient (Wildman–Crippen LogP) is 3.55. The number of ketones is 1. The Kier molecular flexibility index (Phi) is 6.28. The van der Waals surface area contributed by atoms with Crippen molar-refractivity contribution in [3.63, 3.8) is 0 Å². The molecule has 0 aliphatic carbocycles. The van der Waals surface area contributed by atoms with Crippen LogP contribution in [0.25, 0.3) is 16.7 Å². The Morgan fingerprint density at radius 2 is 1.94 bits per heavy atom. The summed E-state index contributed by atoms with van der Waals surface area (Å²) in [6.07, 6.45) is 2.13. The molecule has 2 heterocycles. The summed E-state index contributed by atoms with van der Waals surface area (Å²) in [6.45, 7) is 1.96. The van der Waals surface area contributed by atoms with Crippen molar-refractivity contribution in [2.75, 3.05) is 20.3 Å². The standard InChI is InChI=1S/C25H24N2O6/c1-15(28)33-17-8-5-7-16(13-17)22-21(24(30)25(31)27(22)11-6-12-32-2)23(29)19-14-26-20-10-4-3-9-18(19)20/h3-5,7-10,13-14,22,26,29H,6,11-12H2,1-2H3/b23-21-. The van der Waals surface area contributed by atoms with E-state index in [2.05, 4.69) is 4.98 Å². The van der Waals surface area contributed by atoms with Crippen molar-refractivity contribution in [1.82, 2.24) is 9.88 Å². The summed E-state index contributed by atoms with van der Waals surface area (Å²) in [5.41, 5.74) is 1.76. The van der Waals surface area contributed by atoms with Crippen LogP contribution >= 0.6 is 0 Å². The van der Waals surface area contributed by atoms with Crippen LogP contribution in [0.4, 0.5) is 0 Å². The lowest BCUT2D eigenvalue weighted by Gasteiger charge is -2.25. The molecular weight excluding hydrogens is 424 g/mol. The largest absolute Gasteiger partial charge is 0.507 e. The van der Waals surface area contributed by atoms with Gasteiger partial charge in [0.15, 0.2) is 0 Å². The van der Waals surface area contributed by atoms with E-state index in [0.29, 0.717) is 24.2 Å². The third-order valence-electron chi connectivity index (χ3n) is 5.57. The Bertz CT molecular complexity index is 1260. The number of methoxy groups -OCH3 is 1. The molecule has 1 amide bonds. The van der Waals surface area contributed by atoms with Gasteiger partial charge in [-0.3, -0.25) is 14.4 Å². The zero-order valence-electron chi connectivity index (χ0n) is 18.3. The number of aliphatic hydroxyl groups is 1. The molecule has 0 radical (unpaired) electrons. The fourth-order valence-corrected chi connectivity index (χ4v) is 4.16. The van der Waals surface area contributed by atoms with Crippen LogP contribution in [0.2, 0.25) is 0 Å². The first-order chi connectivity index (χ1) is 15.9. The number of benzene rings is 2. The number of aromatic nitrogens is 1. The van der Waals surface area contributed by atoms with Crippen molar-refractivity contribution >= 4 is 34.3 Å². The molecule has 1 fully saturated rings. The van der Waals surface area contributed by atoms with Crippen molar-refractivity contribution in [3.8, 4) is 5.75 Å². The number of H-pyrrole nitrogens is 1. The summed E-state index contributed by atoms with van der Waals surface area (Å²) in [6, 6.07) is 13.1. The number of hydrogen-bond donors (Lipinski definition) is 2. The Labute approximate surface area is 190 Å². The van der Waals surface area contributed by atoms with Gasteiger partial charge in [0.1, 0.15) is 11.5 Å². The highest BCUT2D eigenvalue weighted by Crippen LogP contribution is 2.41. The zero-order valence-corrected chi connectivity index (χ0v) is 18.3. The van der Waals surface area contributed by atoms with Gasteiger partial charge in [-0.25, -0.2) is 0 Å². The number of amides is 1. The average molecular weight is 448 g/mol. The number of aromatic amines is 1. The Morgan fingerprint density at radius 1 is 1.15 bits per heavy atom. The summed E-state index contributed by atoms with van der Waals surface area (Å²) in [5, 5.41) is 12.0. The van der Waals surface area contributed by atoms with E-state index in [-0.39, 0.29) is 23.6 Å². The number of ether oxygens (including phenoxy) is 2.